The molecule has 3 aromatic heterocycles. The number of nitrogens with zero attached hydrogens (tertiary/aromatic N) is 2. The highest BCUT2D eigenvalue weighted by Crippen LogP contribution is 2.36. The van der Waals surface area contributed by atoms with Crippen LogP contribution in [-0.4, -0.2) is 29.1 Å². The number of thiophene rings is 1. The number of amides is 1. The molecule has 0 unspecified atom stereocenters. The Morgan fingerprint density at radius 3 is 2.70 bits per heavy atom. The van der Waals surface area contributed by atoms with Gasteiger partial charge in [-0.3, -0.25) is 9.78 Å². The fourth-order valence-corrected chi connectivity index (χ4v) is 4.76. The lowest BCUT2D eigenvalue weighted by Crippen LogP contribution is -2.21. The van der Waals surface area contributed by atoms with Crippen molar-refractivity contribution < 1.29 is 14.3 Å². The zero-order valence-electron chi connectivity index (χ0n) is 15.8. The minimum absolute atomic E-state index is 0.107. The van der Waals surface area contributed by atoms with Crippen molar-refractivity contribution in [2.45, 2.75) is 6.54 Å². The first-order valence-electron chi connectivity index (χ1n) is 9.39. The van der Waals surface area contributed by atoms with E-state index in [1.165, 1.54) is 22.7 Å². The van der Waals surface area contributed by atoms with Crippen molar-refractivity contribution >= 4 is 28.6 Å². The minimum atomic E-state index is -0.107. The maximum Gasteiger partial charge on any atom is 0.261 e. The van der Waals surface area contributed by atoms with Crippen molar-refractivity contribution in [1.82, 2.24) is 15.3 Å². The van der Waals surface area contributed by atoms with Crippen molar-refractivity contribution in [2.75, 3.05) is 13.2 Å². The second-order valence-corrected chi connectivity index (χ2v) is 8.59. The number of carbonyl (C=O) groups is 1. The lowest BCUT2D eigenvalue weighted by Gasteiger charge is -2.18. The lowest BCUT2D eigenvalue weighted by molar-refractivity contribution is 0.0955. The van der Waals surface area contributed by atoms with E-state index in [9.17, 15) is 4.79 Å². The van der Waals surface area contributed by atoms with Crippen LogP contribution in [0.15, 0.2) is 60.2 Å². The fraction of sp³-hybridized carbons (Fsp3) is 0.136. The molecule has 1 aliphatic heterocycles. The predicted molar refractivity (Wildman–Crippen MR) is 117 cm³/mol. The average Bonchev–Trinajstić information content (AvgIpc) is 3.48. The molecule has 6 nitrogen and oxygen atoms in total. The number of pyridine rings is 1. The van der Waals surface area contributed by atoms with E-state index in [1.807, 2.05) is 47.8 Å². The van der Waals surface area contributed by atoms with E-state index in [2.05, 4.69) is 15.3 Å². The number of hydrogen-bond acceptors (Lipinski definition) is 7. The molecule has 30 heavy (non-hydrogen) atoms. The first-order chi connectivity index (χ1) is 14.8. The summed E-state index contributed by atoms with van der Waals surface area (Å²) in [5.74, 6) is 1.39. The van der Waals surface area contributed by atoms with Crippen LogP contribution in [0.5, 0.6) is 11.5 Å². The predicted octanol–water partition coefficient (Wildman–Crippen LogP) is 4.63. The number of aromatic nitrogens is 2. The smallest absolute Gasteiger partial charge is 0.261 e. The number of carbonyl (C=O) groups excluding carboxylic acids is 1. The van der Waals surface area contributed by atoms with E-state index < -0.39 is 0 Å². The van der Waals surface area contributed by atoms with Gasteiger partial charge in [0, 0.05) is 28.2 Å². The van der Waals surface area contributed by atoms with E-state index in [4.69, 9.17) is 9.47 Å². The van der Waals surface area contributed by atoms with Crippen molar-refractivity contribution in [3.8, 4) is 33.2 Å². The highest BCUT2D eigenvalue weighted by atomic mass is 32.1. The first-order valence-corrected chi connectivity index (χ1v) is 11.1. The molecule has 150 valence electrons. The van der Waals surface area contributed by atoms with Crippen molar-refractivity contribution in [2.24, 2.45) is 0 Å². The third-order valence-electron chi connectivity index (χ3n) is 4.58. The van der Waals surface area contributed by atoms with Gasteiger partial charge in [-0.15, -0.1) is 22.7 Å². The van der Waals surface area contributed by atoms with E-state index >= 15 is 0 Å². The highest BCUT2D eigenvalue weighted by molar-refractivity contribution is 7.17. The molecule has 1 N–H and O–H groups in total. The molecule has 0 saturated carbocycles. The molecule has 0 bridgehead atoms. The number of nitrogens with one attached hydrogen (secondary N) is 1. The van der Waals surface area contributed by atoms with Crippen LogP contribution in [-0.2, 0) is 6.54 Å². The maximum atomic E-state index is 12.6. The Morgan fingerprint density at radius 2 is 1.83 bits per heavy atom. The topological polar surface area (TPSA) is 73.3 Å². The molecule has 0 fully saturated rings. The molecule has 4 aromatic rings. The van der Waals surface area contributed by atoms with Crippen molar-refractivity contribution in [1.29, 1.82) is 0 Å². The van der Waals surface area contributed by atoms with Crippen LogP contribution < -0.4 is 14.8 Å². The van der Waals surface area contributed by atoms with Gasteiger partial charge in [-0.05, 0) is 48.0 Å². The van der Waals surface area contributed by atoms with Crippen LogP contribution in [0.2, 0.25) is 0 Å². The summed E-state index contributed by atoms with van der Waals surface area (Å²) in [6.07, 6.45) is 3.48. The Balaban J connectivity index is 1.25. The normalized spacial score (nSPS) is 12.5. The van der Waals surface area contributed by atoms with Crippen LogP contribution in [0.4, 0.5) is 0 Å². The number of hydrogen-bond donors (Lipinski definition) is 1. The number of benzene rings is 1. The molecule has 0 atom stereocenters. The van der Waals surface area contributed by atoms with Gasteiger partial charge in [0.15, 0.2) is 11.5 Å². The molecular weight excluding hydrogens is 418 g/mol. The second kappa shape index (κ2) is 8.25. The number of fused-ring (bicyclic) bond motifs is 1. The van der Waals surface area contributed by atoms with Gasteiger partial charge in [0.25, 0.3) is 5.91 Å². The number of rotatable bonds is 5. The van der Waals surface area contributed by atoms with E-state index in [-0.39, 0.29) is 5.91 Å². The van der Waals surface area contributed by atoms with Crippen LogP contribution in [0.25, 0.3) is 21.7 Å². The van der Waals surface area contributed by atoms with Crippen LogP contribution in [0.1, 0.15) is 14.7 Å². The Hall–Kier alpha value is -3.23. The van der Waals surface area contributed by atoms with Gasteiger partial charge in [0.1, 0.15) is 18.2 Å². The third-order valence-corrected chi connectivity index (χ3v) is 6.57. The molecule has 0 aliphatic carbocycles. The molecule has 0 radical (unpaired) electrons. The largest absolute Gasteiger partial charge is 0.486 e. The Morgan fingerprint density at radius 1 is 1.00 bits per heavy atom. The maximum absolute atomic E-state index is 12.6. The SMILES string of the molecule is O=C(NCc1nc(-c2ccncc2)cs1)c1ccc(-c2ccc3c(c2)OCCO3)s1. The molecule has 0 saturated heterocycles. The summed E-state index contributed by atoms with van der Waals surface area (Å²) < 4.78 is 11.2. The summed E-state index contributed by atoms with van der Waals surface area (Å²) >= 11 is 2.98. The minimum Gasteiger partial charge on any atom is -0.486 e. The molecular formula is C22H17N3O3S2. The Kier molecular flexibility index (Phi) is 5.17. The quantitative estimate of drug-likeness (QED) is 0.495. The first kappa shape index (κ1) is 18.8. The Bertz CT molecular complexity index is 1190. The molecule has 1 amide bonds. The van der Waals surface area contributed by atoms with Crippen LogP contribution >= 0.6 is 22.7 Å². The van der Waals surface area contributed by atoms with Gasteiger partial charge in [0.05, 0.1) is 17.1 Å². The van der Waals surface area contributed by atoms with Gasteiger partial charge in [0.2, 0.25) is 0 Å². The van der Waals surface area contributed by atoms with E-state index in [1.54, 1.807) is 12.4 Å². The monoisotopic (exact) mass is 435 g/mol. The second-order valence-electron chi connectivity index (χ2n) is 6.57. The molecule has 4 heterocycles. The number of ether oxygens (including phenoxy) is 2. The van der Waals surface area contributed by atoms with Crippen LogP contribution in [0.3, 0.4) is 0 Å². The van der Waals surface area contributed by atoms with Crippen molar-refractivity contribution in [3.05, 3.63) is 70.1 Å². The summed E-state index contributed by atoms with van der Waals surface area (Å²) in [5, 5.41) is 5.81. The van der Waals surface area contributed by atoms with Gasteiger partial charge in [-0.2, -0.15) is 0 Å². The zero-order chi connectivity index (χ0) is 20.3. The summed E-state index contributed by atoms with van der Waals surface area (Å²) in [6.45, 7) is 1.51. The van der Waals surface area contributed by atoms with Gasteiger partial charge in [-0.25, -0.2) is 4.98 Å². The molecule has 5 rings (SSSR count). The average molecular weight is 436 g/mol. The highest BCUT2D eigenvalue weighted by Gasteiger charge is 2.15. The number of thiazole rings is 1. The molecule has 8 heteroatoms. The summed E-state index contributed by atoms with van der Waals surface area (Å²) in [6, 6.07) is 13.5. The molecule has 1 aliphatic rings. The Labute approximate surface area is 181 Å². The van der Waals surface area contributed by atoms with Crippen LogP contribution in [0, 0.1) is 0 Å². The third kappa shape index (κ3) is 3.92. The van der Waals surface area contributed by atoms with Gasteiger partial charge in [-0.1, -0.05) is 0 Å². The van der Waals surface area contributed by atoms with E-state index in [0.29, 0.717) is 24.6 Å². The van der Waals surface area contributed by atoms with Crippen molar-refractivity contribution in [3.63, 3.8) is 0 Å². The van der Waals surface area contributed by atoms with Gasteiger partial charge >= 0.3 is 0 Å². The van der Waals surface area contributed by atoms with Gasteiger partial charge < -0.3 is 14.8 Å². The molecule has 1 aromatic carbocycles. The molecule has 0 spiro atoms. The van der Waals surface area contributed by atoms with E-state index in [0.717, 1.165) is 38.2 Å². The summed E-state index contributed by atoms with van der Waals surface area (Å²) in [5.41, 5.74) is 2.91. The standard InChI is InChI=1S/C22H17N3O3S2/c26-22(24-12-21-25-16(13-29-21)14-5-7-23-8-6-14)20-4-3-19(30-20)15-1-2-17-18(11-15)28-10-9-27-17/h1-8,11,13H,9-10,12H2,(H,24,26). The fourth-order valence-electron chi connectivity index (χ4n) is 3.10. The lowest BCUT2D eigenvalue weighted by atomic mass is 10.1. The summed E-state index contributed by atoms with van der Waals surface area (Å²) in [4.78, 5) is 22.9. The summed E-state index contributed by atoms with van der Waals surface area (Å²) in [7, 11) is 0. The zero-order valence-corrected chi connectivity index (χ0v) is 17.5.